The Hall–Kier alpha value is -0.600. The molecule has 0 radical (unpaired) electrons. The number of ether oxygens (including phenoxy) is 1. The number of hydrogen-bond acceptors (Lipinski definition) is 5. The number of anilines is 2. The molecule has 5 nitrogen and oxygen atoms in total. The number of benzene rings is 1. The smallest absolute Gasteiger partial charge is 0.167 e. The number of pyridine rings is 1. The van der Waals surface area contributed by atoms with Gasteiger partial charge in [-0.1, -0.05) is 17.7 Å². The van der Waals surface area contributed by atoms with Crippen molar-refractivity contribution in [1.29, 1.82) is 0 Å². The maximum absolute atomic E-state index is 6.30. The van der Waals surface area contributed by atoms with Crippen LogP contribution in [0.2, 0.25) is 5.15 Å². The predicted octanol–water partition coefficient (Wildman–Crippen LogP) is 6.15. The standard InChI is InChI=1S/C18H19ClIN4OPS/c1-10-21-17-14(8-16(19)23-18(17)24(10)26-20)22-13-4-3-11(7-15(13)27-2)12-5-6-25-9-12/h3-4,7-8,12,26H,5-6,9H2,1-2H3,(H,22,23). The summed E-state index contributed by atoms with van der Waals surface area (Å²) in [5.74, 6) is 1.44. The fraction of sp³-hybridized carbons (Fsp3) is 0.333. The second kappa shape index (κ2) is 8.41. The molecular formula is C18H19ClIN4OPS. The third-order valence-electron chi connectivity index (χ3n) is 4.73. The van der Waals surface area contributed by atoms with Gasteiger partial charge in [0.2, 0.25) is 0 Å². The molecule has 142 valence electrons. The minimum atomic E-state index is 0.464. The third kappa shape index (κ3) is 3.94. The number of rotatable bonds is 5. The van der Waals surface area contributed by atoms with Gasteiger partial charge in [0.15, 0.2) is 5.65 Å². The summed E-state index contributed by atoms with van der Waals surface area (Å²) in [5, 5.41) is 4.00. The second-order valence-electron chi connectivity index (χ2n) is 6.39. The summed E-state index contributed by atoms with van der Waals surface area (Å²) < 4.78 is 7.63. The van der Waals surface area contributed by atoms with Gasteiger partial charge in [-0.2, -0.15) is 0 Å². The van der Waals surface area contributed by atoms with E-state index in [0.717, 1.165) is 48.0 Å². The molecule has 2 atom stereocenters. The van der Waals surface area contributed by atoms with Crippen LogP contribution in [0.3, 0.4) is 0 Å². The Morgan fingerprint density at radius 2 is 2.19 bits per heavy atom. The molecule has 1 fully saturated rings. The van der Waals surface area contributed by atoms with Crippen molar-refractivity contribution < 1.29 is 4.74 Å². The van der Waals surface area contributed by atoms with Crippen LogP contribution in [-0.4, -0.2) is 33.8 Å². The van der Waals surface area contributed by atoms with Gasteiger partial charge in [0.1, 0.15) is 16.5 Å². The third-order valence-corrected chi connectivity index (χ3v) is 7.86. The van der Waals surface area contributed by atoms with Crippen LogP contribution in [0.1, 0.15) is 23.7 Å². The largest absolute Gasteiger partial charge is 0.381 e. The molecule has 4 rings (SSSR count). The zero-order valence-electron chi connectivity index (χ0n) is 14.9. The van der Waals surface area contributed by atoms with E-state index in [0.29, 0.717) is 17.4 Å². The van der Waals surface area contributed by atoms with Crippen molar-refractivity contribution in [1.82, 2.24) is 14.3 Å². The Morgan fingerprint density at radius 3 is 2.89 bits per heavy atom. The van der Waals surface area contributed by atoms with Gasteiger partial charge >= 0.3 is 0 Å². The Balaban J connectivity index is 1.73. The van der Waals surface area contributed by atoms with Crippen molar-refractivity contribution in [3.63, 3.8) is 0 Å². The van der Waals surface area contributed by atoms with Crippen LogP contribution in [0.25, 0.3) is 11.2 Å². The molecule has 27 heavy (non-hydrogen) atoms. The Labute approximate surface area is 182 Å². The minimum absolute atomic E-state index is 0.464. The summed E-state index contributed by atoms with van der Waals surface area (Å²) in [6.07, 6.45) is 3.72. The Bertz CT molecular complexity index is 993. The highest BCUT2D eigenvalue weighted by Crippen LogP contribution is 2.38. The van der Waals surface area contributed by atoms with Crippen LogP contribution in [0, 0.1) is 6.92 Å². The minimum Gasteiger partial charge on any atom is -0.381 e. The molecule has 0 aliphatic carbocycles. The lowest BCUT2D eigenvalue weighted by molar-refractivity contribution is 0.194. The summed E-state index contributed by atoms with van der Waals surface area (Å²) >= 11 is 10.4. The molecule has 3 aromatic rings. The van der Waals surface area contributed by atoms with E-state index in [2.05, 4.69) is 61.1 Å². The lowest BCUT2D eigenvalue weighted by Gasteiger charge is -2.15. The van der Waals surface area contributed by atoms with E-state index >= 15 is 0 Å². The summed E-state index contributed by atoms with van der Waals surface area (Å²) in [7, 11) is 0. The van der Waals surface area contributed by atoms with Gasteiger partial charge in [-0.15, -0.1) is 11.8 Å². The zero-order chi connectivity index (χ0) is 19.0. The van der Waals surface area contributed by atoms with E-state index in [1.165, 1.54) is 10.5 Å². The number of hydrogen-bond donors (Lipinski definition) is 1. The van der Waals surface area contributed by atoms with Gasteiger partial charge in [-0.3, -0.25) is 4.34 Å². The number of aromatic nitrogens is 3. The van der Waals surface area contributed by atoms with Crippen molar-refractivity contribution in [2.24, 2.45) is 0 Å². The fourth-order valence-electron chi connectivity index (χ4n) is 3.33. The molecule has 2 unspecified atom stereocenters. The molecule has 1 aliphatic heterocycles. The Morgan fingerprint density at radius 1 is 1.33 bits per heavy atom. The number of halogens is 2. The zero-order valence-corrected chi connectivity index (χ0v) is 19.7. The number of nitrogens with zero attached hydrogens (tertiary/aromatic N) is 3. The van der Waals surface area contributed by atoms with Crippen LogP contribution >= 0.6 is 51.8 Å². The van der Waals surface area contributed by atoms with Gasteiger partial charge in [-0.05, 0) is 59.3 Å². The summed E-state index contributed by atoms with van der Waals surface area (Å²) in [4.78, 5) is 10.4. The molecule has 2 aromatic heterocycles. The fourth-order valence-corrected chi connectivity index (χ4v) is 6.25. The highest BCUT2D eigenvalue weighted by molar-refractivity contribution is 14.2. The highest BCUT2D eigenvalue weighted by Gasteiger charge is 2.19. The molecule has 0 spiro atoms. The number of nitrogens with one attached hydrogen (secondary N) is 1. The second-order valence-corrected chi connectivity index (χ2v) is 9.69. The number of thioether (sulfide) groups is 1. The summed E-state index contributed by atoms with van der Waals surface area (Å²) in [6.45, 7) is 3.66. The maximum Gasteiger partial charge on any atom is 0.167 e. The normalized spacial score (nSPS) is 17.4. The van der Waals surface area contributed by atoms with Crippen molar-refractivity contribution >= 4 is 74.3 Å². The predicted molar refractivity (Wildman–Crippen MR) is 125 cm³/mol. The molecule has 0 bridgehead atoms. The first-order chi connectivity index (χ1) is 13.1. The molecule has 0 saturated carbocycles. The van der Waals surface area contributed by atoms with Crippen LogP contribution in [0.15, 0.2) is 29.2 Å². The lowest BCUT2D eigenvalue weighted by Crippen LogP contribution is -2.00. The Kier molecular flexibility index (Phi) is 6.14. The maximum atomic E-state index is 6.30. The number of imidazole rings is 1. The molecule has 9 heteroatoms. The summed E-state index contributed by atoms with van der Waals surface area (Å²) in [6, 6.07) is 8.45. The first kappa shape index (κ1) is 19.7. The van der Waals surface area contributed by atoms with Gasteiger partial charge in [0.25, 0.3) is 0 Å². The SMILES string of the molecule is CSc1cc(C2CCOC2)ccc1Nc1cc(Cl)nc2c1nc(C)n2PI. The summed E-state index contributed by atoms with van der Waals surface area (Å²) in [5.41, 5.74) is 4.94. The van der Waals surface area contributed by atoms with Crippen molar-refractivity contribution in [2.45, 2.75) is 24.2 Å². The van der Waals surface area contributed by atoms with Gasteiger partial charge in [0.05, 0.1) is 24.4 Å². The van der Waals surface area contributed by atoms with E-state index in [1.807, 2.05) is 13.0 Å². The van der Waals surface area contributed by atoms with Crippen molar-refractivity contribution in [2.75, 3.05) is 24.8 Å². The molecule has 3 heterocycles. The lowest BCUT2D eigenvalue weighted by atomic mass is 9.98. The van der Waals surface area contributed by atoms with E-state index in [1.54, 1.807) is 11.8 Å². The van der Waals surface area contributed by atoms with Gasteiger partial charge < -0.3 is 10.1 Å². The molecule has 1 N–H and O–H groups in total. The first-order valence-electron chi connectivity index (χ1n) is 8.55. The monoisotopic (exact) mass is 532 g/mol. The molecule has 1 saturated heterocycles. The molecule has 0 amide bonds. The molecular weight excluding hydrogens is 514 g/mol. The van der Waals surface area contributed by atoms with Crippen molar-refractivity contribution in [3.05, 3.63) is 40.8 Å². The van der Waals surface area contributed by atoms with Crippen LogP contribution in [0.5, 0.6) is 0 Å². The van der Waals surface area contributed by atoms with Gasteiger partial charge in [0, 0.05) is 23.5 Å². The average molecular weight is 533 g/mol. The first-order valence-corrected chi connectivity index (χ1v) is 14.2. The number of aryl methyl sites for hydroxylation is 1. The quantitative estimate of drug-likeness (QED) is 0.185. The molecule has 1 aromatic carbocycles. The van der Waals surface area contributed by atoms with Crippen LogP contribution < -0.4 is 5.32 Å². The van der Waals surface area contributed by atoms with E-state index in [4.69, 9.17) is 21.3 Å². The number of fused-ring (bicyclic) bond motifs is 1. The van der Waals surface area contributed by atoms with Crippen LogP contribution in [-0.2, 0) is 4.74 Å². The van der Waals surface area contributed by atoms with Crippen LogP contribution in [0.4, 0.5) is 11.4 Å². The highest BCUT2D eigenvalue weighted by atomic mass is 127. The molecule has 1 aliphatic rings. The van der Waals surface area contributed by atoms with E-state index in [9.17, 15) is 0 Å². The topological polar surface area (TPSA) is 52.0 Å². The van der Waals surface area contributed by atoms with Crippen molar-refractivity contribution in [3.8, 4) is 0 Å². The van der Waals surface area contributed by atoms with Gasteiger partial charge in [-0.25, -0.2) is 9.97 Å². The van der Waals surface area contributed by atoms with E-state index < -0.39 is 0 Å². The average Bonchev–Trinajstić information content (AvgIpc) is 3.29. The van der Waals surface area contributed by atoms with E-state index in [-0.39, 0.29) is 0 Å².